The smallest absolute Gasteiger partial charge is 0.246 e. The molecule has 1 atom stereocenters. The summed E-state index contributed by atoms with van der Waals surface area (Å²) in [7, 11) is 0. The fraction of sp³-hybridized carbons (Fsp3) is 1.00. The van der Waals surface area contributed by atoms with Crippen LogP contribution in [0.25, 0.3) is 10.4 Å². The SMILES string of the molecule is [N-]=[N+]=NC1(O)CCCO1. The first-order valence-electron chi connectivity index (χ1n) is 2.69. The molecule has 5 heteroatoms. The maximum Gasteiger partial charge on any atom is 0.246 e. The summed E-state index contributed by atoms with van der Waals surface area (Å²) in [5.74, 6) is -1.55. The second-order valence-electron chi connectivity index (χ2n) is 1.88. The Balaban J connectivity index is 2.61. The molecule has 1 unspecified atom stereocenters. The lowest BCUT2D eigenvalue weighted by Gasteiger charge is -2.12. The summed E-state index contributed by atoms with van der Waals surface area (Å²) >= 11 is 0. The molecule has 1 rings (SSSR count). The van der Waals surface area contributed by atoms with E-state index in [1.165, 1.54) is 0 Å². The quantitative estimate of drug-likeness (QED) is 0.322. The van der Waals surface area contributed by atoms with Crippen molar-refractivity contribution < 1.29 is 9.84 Å². The minimum atomic E-state index is -1.55. The van der Waals surface area contributed by atoms with Gasteiger partial charge in [-0.2, -0.15) is 0 Å². The lowest BCUT2D eigenvalue weighted by Crippen LogP contribution is -2.22. The highest BCUT2D eigenvalue weighted by Crippen LogP contribution is 2.23. The number of hydrogen-bond acceptors (Lipinski definition) is 3. The fourth-order valence-electron chi connectivity index (χ4n) is 0.759. The Hall–Kier alpha value is -0.770. The Morgan fingerprint density at radius 1 is 1.78 bits per heavy atom. The number of nitrogens with zero attached hydrogens (tertiary/aromatic N) is 3. The van der Waals surface area contributed by atoms with E-state index in [4.69, 9.17) is 15.4 Å². The molecule has 0 aromatic heterocycles. The average molecular weight is 129 g/mol. The molecule has 0 spiro atoms. The molecule has 1 aliphatic rings. The lowest BCUT2D eigenvalue weighted by molar-refractivity contribution is -0.164. The molecular weight excluding hydrogens is 122 g/mol. The Labute approximate surface area is 51.9 Å². The molecule has 1 N–H and O–H groups in total. The van der Waals surface area contributed by atoms with Gasteiger partial charge in [0.25, 0.3) is 0 Å². The molecule has 1 fully saturated rings. The van der Waals surface area contributed by atoms with Gasteiger partial charge in [0.05, 0.1) is 6.61 Å². The maximum absolute atomic E-state index is 9.05. The summed E-state index contributed by atoms with van der Waals surface area (Å²) < 4.78 is 4.72. The van der Waals surface area contributed by atoms with Crippen molar-refractivity contribution in [3.05, 3.63) is 10.4 Å². The summed E-state index contributed by atoms with van der Waals surface area (Å²) in [6, 6.07) is 0. The number of rotatable bonds is 1. The van der Waals surface area contributed by atoms with Gasteiger partial charge in [0.15, 0.2) is 0 Å². The zero-order valence-corrected chi connectivity index (χ0v) is 4.82. The van der Waals surface area contributed by atoms with Crippen molar-refractivity contribution in [1.29, 1.82) is 0 Å². The van der Waals surface area contributed by atoms with Gasteiger partial charge in [-0.1, -0.05) is 0 Å². The van der Waals surface area contributed by atoms with Crippen molar-refractivity contribution >= 4 is 0 Å². The third-order valence-corrected chi connectivity index (χ3v) is 1.18. The topological polar surface area (TPSA) is 78.2 Å². The summed E-state index contributed by atoms with van der Waals surface area (Å²) in [6.07, 6.45) is 1.15. The molecule has 0 radical (unpaired) electrons. The second kappa shape index (κ2) is 2.23. The van der Waals surface area contributed by atoms with E-state index in [9.17, 15) is 0 Å². The molecule has 9 heavy (non-hydrogen) atoms. The van der Waals surface area contributed by atoms with Crippen molar-refractivity contribution in [2.24, 2.45) is 5.11 Å². The standard InChI is InChI=1S/C4H7N3O2/c5-7-6-4(8)2-1-3-9-4/h8H,1-3H2. The Bertz CT molecular complexity index is 146. The van der Waals surface area contributed by atoms with Gasteiger partial charge >= 0.3 is 0 Å². The van der Waals surface area contributed by atoms with Crippen molar-refractivity contribution in [3.8, 4) is 0 Å². The second-order valence-corrected chi connectivity index (χ2v) is 1.88. The fourth-order valence-corrected chi connectivity index (χ4v) is 0.759. The first-order valence-corrected chi connectivity index (χ1v) is 2.69. The van der Waals surface area contributed by atoms with Crippen molar-refractivity contribution in [2.75, 3.05) is 6.61 Å². The summed E-state index contributed by atoms with van der Waals surface area (Å²) in [5.41, 5.74) is 7.91. The van der Waals surface area contributed by atoms with Crippen molar-refractivity contribution in [2.45, 2.75) is 18.8 Å². The Morgan fingerprint density at radius 3 is 3.00 bits per heavy atom. The molecule has 1 aliphatic heterocycles. The van der Waals surface area contributed by atoms with Crippen LogP contribution >= 0.6 is 0 Å². The number of aliphatic hydroxyl groups is 1. The maximum atomic E-state index is 9.05. The van der Waals surface area contributed by atoms with Gasteiger partial charge in [0.1, 0.15) is 0 Å². The van der Waals surface area contributed by atoms with E-state index in [0.29, 0.717) is 13.0 Å². The molecule has 0 aliphatic carbocycles. The van der Waals surface area contributed by atoms with E-state index in [-0.39, 0.29) is 0 Å². The zero-order chi connectivity index (χ0) is 6.74. The largest absolute Gasteiger partial charge is 0.361 e. The van der Waals surface area contributed by atoms with Crippen LogP contribution < -0.4 is 0 Å². The highest BCUT2D eigenvalue weighted by Gasteiger charge is 2.30. The highest BCUT2D eigenvalue weighted by molar-refractivity contribution is 4.69. The Kier molecular flexibility index (Phi) is 1.57. The van der Waals surface area contributed by atoms with Crippen LogP contribution in [0.15, 0.2) is 5.11 Å². The van der Waals surface area contributed by atoms with Gasteiger partial charge < -0.3 is 9.84 Å². The predicted molar refractivity (Wildman–Crippen MR) is 29.3 cm³/mol. The first kappa shape index (κ1) is 6.35. The van der Waals surface area contributed by atoms with Crippen LogP contribution in [0.1, 0.15) is 12.8 Å². The normalized spacial score (nSPS) is 33.9. The molecule has 0 aromatic rings. The van der Waals surface area contributed by atoms with Gasteiger partial charge in [-0.25, -0.2) is 0 Å². The van der Waals surface area contributed by atoms with E-state index in [0.717, 1.165) is 6.42 Å². The third-order valence-electron chi connectivity index (χ3n) is 1.18. The van der Waals surface area contributed by atoms with Crippen LogP contribution in [0.4, 0.5) is 0 Å². The van der Waals surface area contributed by atoms with Crippen LogP contribution in [0, 0.1) is 0 Å². The molecule has 1 heterocycles. The van der Waals surface area contributed by atoms with E-state index in [2.05, 4.69) is 10.0 Å². The molecular formula is C4H7N3O2. The molecule has 1 saturated heterocycles. The monoisotopic (exact) mass is 129 g/mol. The van der Waals surface area contributed by atoms with Gasteiger partial charge in [-0.05, 0) is 17.1 Å². The molecule has 0 bridgehead atoms. The number of hydrogen-bond donors (Lipinski definition) is 1. The van der Waals surface area contributed by atoms with Crippen molar-refractivity contribution in [1.82, 2.24) is 0 Å². The van der Waals surface area contributed by atoms with E-state index >= 15 is 0 Å². The molecule has 0 saturated carbocycles. The average Bonchev–Trinajstić information content (AvgIpc) is 2.16. The highest BCUT2D eigenvalue weighted by atomic mass is 16.6. The van der Waals surface area contributed by atoms with Gasteiger partial charge in [0.2, 0.25) is 5.91 Å². The summed E-state index contributed by atoms with van der Waals surface area (Å²) in [6.45, 7) is 0.468. The minimum absolute atomic E-state index is 0.400. The third kappa shape index (κ3) is 1.32. The van der Waals surface area contributed by atoms with E-state index < -0.39 is 5.91 Å². The predicted octanol–water partition coefficient (Wildman–Crippen LogP) is 0.753. The van der Waals surface area contributed by atoms with Crippen LogP contribution in [-0.2, 0) is 4.74 Å². The summed E-state index contributed by atoms with van der Waals surface area (Å²) in [5, 5.41) is 12.1. The van der Waals surface area contributed by atoms with Gasteiger partial charge in [0, 0.05) is 11.3 Å². The van der Waals surface area contributed by atoms with Crippen molar-refractivity contribution in [3.63, 3.8) is 0 Å². The molecule has 5 nitrogen and oxygen atoms in total. The van der Waals surface area contributed by atoms with Crippen LogP contribution in [-0.4, -0.2) is 17.6 Å². The van der Waals surface area contributed by atoms with Gasteiger partial charge in [-0.3, -0.25) is 0 Å². The summed E-state index contributed by atoms with van der Waals surface area (Å²) in [4.78, 5) is 2.44. The molecule has 50 valence electrons. The first-order chi connectivity index (χ1) is 4.27. The minimum Gasteiger partial charge on any atom is -0.361 e. The zero-order valence-electron chi connectivity index (χ0n) is 4.82. The lowest BCUT2D eigenvalue weighted by atomic mass is 10.3. The molecule has 0 aromatic carbocycles. The Morgan fingerprint density at radius 2 is 2.56 bits per heavy atom. The van der Waals surface area contributed by atoms with Crippen LogP contribution in [0.2, 0.25) is 0 Å². The van der Waals surface area contributed by atoms with Crippen LogP contribution in [0.5, 0.6) is 0 Å². The van der Waals surface area contributed by atoms with E-state index in [1.807, 2.05) is 0 Å². The van der Waals surface area contributed by atoms with E-state index in [1.54, 1.807) is 0 Å². The molecule has 0 amide bonds. The number of ether oxygens (including phenoxy) is 1. The number of azide groups is 1. The van der Waals surface area contributed by atoms with Crippen LogP contribution in [0.3, 0.4) is 0 Å². The van der Waals surface area contributed by atoms with Gasteiger partial charge in [-0.15, -0.1) is 0 Å².